The number of carbonyl (C=O) groups is 1. The Bertz CT molecular complexity index is 1070. The Balaban J connectivity index is 1.73. The maximum atomic E-state index is 13.0. The molecule has 4 heterocycles. The van der Waals surface area contributed by atoms with E-state index in [0.717, 1.165) is 35.6 Å². The number of thiophene rings is 1. The Kier molecular flexibility index (Phi) is 4.58. The van der Waals surface area contributed by atoms with Crippen LogP contribution in [0.15, 0.2) is 16.9 Å². The van der Waals surface area contributed by atoms with E-state index in [0.29, 0.717) is 23.8 Å². The minimum absolute atomic E-state index is 0.0135. The topological polar surface area (TPSA) is 59.6 Å². The molecule has 0 spiro atoms. The first-order valence-corrected chi connectivity index (χ1v) is 10.5. The number of aromatic nitrogens is 3. The first kappa shape index (κ1) is 18.2. The average molecular weight is 387 g/mol. The number of piperidine rings is 1. The lowest BCUT2D eigenvalue weighted by molar-refractivity contribution is -0.134. The second-order valence-corrected chi connectivity index (χ2v) is 9.24. The Labute approximate surface area is 162 Å². The number of nitrogens with zero attached hydrogens (tertiary/aromatic N) is 4. The van der Waals surface area contributed by atoms with E-state index >= 15 is 0 Å². The molecule has 0 aliphatic carbocycles. The van der Waals surface area contributed by atoms with Crippen LogP contribution in [0.2, 0.25) is 0 Å². The molecule has 7 heteroatoms. The zero-order valence-corrected chi connectivity index (χ0v) is 17.2. The van der Waals surface area contributed by atoms with E-state index in [1.807, 2.05) is 22.3 Å². The summed E-state index contributed by atoms with van der Waals surface area (Å²) in [4.78, 5) is 28.9. The number of carbonyl (C=O) groups excluding carboxylic acids is 1. The van der Waals surface area contributed by atoms with Crippen molar-refractivity contribution in [1.29, 1.82) is 0 Å². The number of fused-ring (bicyclic) bond motifs is 3. The molecule has 0 saturated carbocycles. The second-order valence-electron chi connectivity index (χ2n) is 7.95. The van der Waals surface area contributed by atoms with Gasteiger partial charge in [-0.3, -0.25) is 14.0 Å². The molecule has 0 radical (unpaired) electrons. The monoisotopic (exact) mass is 386 g/mol. The van der Waals surface area contributed by atoms with Crippen molar-refractivity contribution in [3.63, 3.8) is 0 Å². The summed E-state index contributed by atoms with van der Waals surface area (Å²) in [6.07, 6.45) is 1.84. The van der Waals surface area contributed by atoms with Crippen LogP contribution in [0.4, 0.5) is 0 Å². The largest absolute Gasteiger partial charge is 0.341 e. The summed E-state index contributed by atoms with van der Waals surface area (Å²) in [7, 11) is 0. The van der Waals surface area contributed by atoms with Crippen molar-refractivity contribution < 1.29 is 4.79 Å². The molecule has 3 aromatic rings. The van der Waals surface area contributed by atoms with Gasteiger partial charge in [-0.25, -0.2) is 4.68 Å². The minimum atomic E-state index is -0.195. The van der Waals surface area contributed by atoms with Crippen molar-refractivity contribution >= 4 is 33.0 Å². The summed E-state index contributed by atoms with van der Waals surface area (Å²) in [5.41, 5.74) is 1.45. The first-order chi connectivity index (χ1) is 12.9. The van der Waals surface area contributed by atoms with E-state index in [1.165, 1.54) is 9.56 Å². The van der Waals surface area contributed by atoms with Crippen molar-refractivity contribution in [2.75, 3.05) is 13.1 Å². The number of aryl methyl sites for hydroxylation is 2. The third-order valence-electron chi connectivity index (χ3n) is 5.38. The van der Waals surface area contributed by atoms with Crippen LogP contribution < -0.4 is 5.56 Å². The van der Waals surface area contributed by atoms with Crippen LogP contribution in [0, 0.1) is 18.8 Å². The number of likely N-dealkylation sites (tertiary alicyclic amines) is 1. The highest BCUT2D eigenvalue weighted by molar-refractivity contribution is 7.19. The summed E-state index contributed by atoms with van der Waals surface area (Å²) < 4.78 is 4.40. The van der Waals surface area contributed by atoms with Gasteiger partial charge in [-0.1, -0.05) is 20.8 Å². The molecule has 27 heavy (non-hydrogen) atoms. The molecule has 1 aliphatic rings. The zero-order valence-electron chi connectivity index (χ0n) is 16.4. The van der Waals surface area contributed by atoms with Gasteiger partial charge in [0.1, 0.15) is 17.9 Å². The first-order valence-electron chi connectivity index (χ1n) is 9.66. The summed E-state index contributed by atoms with van der Waals surface area (Å²) >= 11 is 1.68. The Morgan fingerprint density at radius 1 is 1.22 bits per heavy atom. The normalized spacial score (nSPS) is 20.7. The van der Waals surface area contributed by atoms with Gasteiger partial charge < -0.3 is 4.90 Å². The molecule has 1 fully saturated rings. The van der Waals surface area contributed by atoms with Gasteiger partial charge in [-0.05, 0) is 37.3 Å². The van der Waals surface area contributed by atoms with Crippen molar-refractivity contribution in [2.45, 2.75) is 47.1 Å². The molecule has 0 aromatic carbocycles. The van der Waals surface area contributed by atoms with Gasteiger partial charge in [-0.2, -0.15) is 5.10 Å². The molecule has 2 atom stereocenters. The zero-order chi connectivity index (χ0) is 19.3. The predicted octanol–water partition coefficient (Wildman–Crippen LogP) is 3.09. The van der Waals surface area contributed by atoms with Gasteiger partial charge >= 0.3 is 0 Å². The predicted molar refractivity (Wildman–Crippen MR) is 108 cm³/mol. The second kappa shape index (κ2) is 6.78. The van der Waals surface area contributed by atoms with Crippen molar-refractivity contribution in [2.24, 2.45) is 11.8 Å². The fourth-order valence-electron chi connectivity index (χ4n) is 4.34. The summed E-state index contributed by atoms with van der Waals surface area (Å²) in [6, 6.07) is 4.03. The number of amides is 1. The van der Waals surface area contributed by atoms with E-state index in [4.69, 9.17) is 0 Å². The number of rotatable bonds is 3. The molecule has 6 nitrogen and oxygen atoms in total. The molecule has 1 amide bonds. The molecule has 4 rings (SSSR count). The molecule has 0 N–H and O–H groups in total. The SMILES string of the molecule is CCc1nn(CC(=O)N2C[C@@H](C)C[C@H](C)C2)c(=O)c2cc3sc(C)cc3n12. The molecule has 0 bridgehead atoms. The Morgan fingerprint density at radius 3 is 2.59 bits per heavy atom. The number of hydrogen-bond acceptors (Lipinski definition) is 4. The lowest BCUT2D eigenvalue weighted by atomic mass is 9.92. The average Bonchev–Trinajstić information content (AvgIpc) is 3.13. The molecular formula is C20H26N4O2S. The Morgan fingerprint density at radius 2 is 1.93 bits per heavy atom. The van der Waals surface area contributed by atoms with Gasteiger partial charge in [0, 0.05) is 24.4 Å². The lowest BCUT2D eigenvalue weighted by Gasteiger charge is -2.35. The van der Waals surface area contributed by atoms with Gasteiger partial charge in [0.05, 0.1) is 10.2 Å². The van der Waals surface area contributed by atoms with Gasteiger partial charge in [0.15, 0.2) is 0 Å². The summed E-state index contributed by atoms with van der Waals surface area (Å²) in [5.74, 6) is 1.79. The van der Waals surface area contributed by atoms with Crippen LogP contribution in [0.1, 0.15) is 37.9 Å². The van der Waals surface area contributed by atoms with Crippen molar-refractivity contribution in [1.82, 2.24) is 19.1 Å². The van der Waals surface area contributed by atoms with Crippen LogP contribution in [0.3, 0.4) is 0 Å². The molecule has 0 unspecified atom stereocenters. The van der Waals surface area contributed by atoms with Crippen LogP contribution in [-0.4, -0.2) is 38.1 Å². The quantitative estimate of drug-likeness (QED) is 0.695. The van der Waals surface area contributed by atoms with E-state index in [2.05, 4.69) is 31.9 Å². The van der Waals surface area contributed by atoms with Crippen molar-refractivity contribution in [3.05, 3.63) is 33.2 Å². The molecule has 1 saturated heterocycles. The summed E-state index contributed by atoms with van der Waals surface area (Å²) in [6.45, 7) is 9.99. The van der Waals surface area contributed by atoms with E-state index in [1.54, 1.807) is 11.3 Å². The van der Waals surface area contributed by atoms with E-state index < -0.39 is 0 Å². The molecule has 144 valence electrons. The molecule has 3 aromatic heterocycles. The third-order valence-corrected chi connectivity index (χ3v) is 6.37. The fourth-order valence-corrected chi connectivity index (χ4v) is 5.29. The van der Waals surface area contributed by atoms with E-state index in [-0.39, 0.29) is 18.0 Å². The van der Waals surface area contributed by atoms with Crippen LogP contribution in [0.5, 0.6) is 0 Å². The highest BCUT2D eigenvalue weighted by atomic mass is 32.1. The molecule has 1 aliphatic heterocycles. The van der Waals surface area contributed by atoms with Gasteiger partial charge in [-0.15, -0.1) is 11.3 Å². The lowest BCUT2D eigenvalue weighted by Crippen LogP contribution is -2.45. The fraction of sp³-hybridized carbons (Fsp3) is 0.550. The highest BCUT2D eigenvalue weighted by Crippen LogP contribution is 2.28. The van der Waals surface area contributed by atoms with Crippen LogP contribution in [-0.2, 0) is 17.8 Å². The Hall–Kier alpha value is -2.15. The summed E-state index contributed by atoms with van der Waals surface area (Å²) in [5, 5.41) is 4.55. The number of hydrogen-bond donors (Lipinski definition) is 0. The highest BCUT2D eigenvalue weighted by Gasteiger charge is 2.26. The molecular weight excluding hydrogens is 360 g/mol. The van der Waals surface area contributed by atoms with Crippen molar-refractivity contribution in [3.8, 4) is 0 Å². The minimum Gasteiger partial charge on any atom is -0.341 e. The van der Waals surface area contributed by atoms with Gasteiger partial charge in [0.2, 0.25) is 5.91 Å². The van der Waals surface area contributed by atoms with Crippen LogP contribution in [0.25, 0.3) is 15.7 Å². The maximum absolute atomic E-state index is 13.0. The standard InChI is InChI=1S/C20H26N4O2S/c1-5-18-21-23(11-19(25)22-9-12(2)6-13(3)10-22)20(26)16-8-17-15(24(16)18)7-14(4)27-17/h7-8,12-13H,5-6,9-11H2,1-4H3/t12-,13-/m0/s1. The maximum Gasteiger partial charge on any atom is 0.291 e. The van der Waals surface area contributed by atoms with Gasteiger partial charge in [0.25, 0.3) is 5.56 Å². The van der Waals surface area contributed by atoms with E-state index in [9.17, 15) is 9.59 Å². The third kappa shape index (κ3) is 3.18. The van der Waals surface area contributed by atoms with Crippen LogP contribution >= 0.6 is 11.3 Å². The smallest absolute Gasteiger partial charge is 0.291 e.